The molecule has 0 fully saturated rings. The zero-order valence-corrected chi connectivity index (χ0v) is 19.0. The molecule has 1 atom stereocenters. The summed E-state index contributed by atoms with van der Waals surface area (Å²) in [6.07, 6.45) is -0.788. The molecular formula is C20H29N5O9. The van der Waals surface area contributed by atoms with E-state index < -0.39 is 61.1 Å². The number of alkyl carbamates (subject to hydrolysis) is 1. The lowest BCUT2D eigenvalue weighted by Gasteiger charge is -2.23. The lowest BCUT2D eigenvalue weighted by molar-refractivity contribution is -0.215. The third-order valence-electron chi connectivity index (χ3n) is 3.87. The Balaban J connectivity index is 2.71. The van der Waals surface area contributed by atoms with E-state index >= 15 is 0 Å². The van der Waals surface area contributed by atoms with Gasteiger partial charge in [0, 0.05) is 6.42 Å². The second-order valence-corrected chi connectivity index (χ2v) is 7.96. The molecular weight excluding hydrogens is 454 g/mol. The van der Waals surface area contributed by atoms with Gasteiger partial charge in [-0.1, -0.05) is 12.1 Å². The fraction of sp³-hybridized carbons (Fsp3) is 0.450. The van der Waals surface area contributed by atoms with E-state index in [1.807, 2.05) is 0 Å². The van der Waals surface area contributed by atoms with Gasteiger partial charge in [-0.25, -0.2) is 15.5 Å². The van der Waals surface area contributed by atoms with E-state index in [0.29, 0.717) is 11.3 Å². The number of nitrogens with one attached hydrogen (secondary N) is 5. The molecule has 0 aromatic heterocycles. The summed E-state index contributed by atoms with van der Waals surface area (Å²) >= 11 is 0. The third-order valence-corrected chi connectivity index (χ3v) is 3.87. The van der Waals surface area contributed by atoms with Gasteiger partial charge in [0.05, 0.1) is 18.8 Å². The molecule has 0 aliphatic heterocycles. The Labute approximate surface area is 195 Å². The zero-order valence-electron chi connectivity index (χ0n) is 19.0. The average molecular weight is 483 g/mol. The third kappa shape index (κ3) is 12.2. The van der Waals surface area contributed by atoms with Gasteiger partial charge >= 0.3 is 12.1 Å². The van der Waals surface area contributed by atoms with Gasteiger partial charge in [0.15, 0.2) is 0 Å². The molecule has 0 bridgehead atoms. The second kappa shape index (κ2) is 13.6. The van der Waals surface area contributed by atoms with Gasteiger partial charge in [-0.2, -0.15) is 0 Å². The van der Waals surface area contributed by atoms with Crippen LogP contribution in [0.3, 0.4) is 0 Å². The SMILES string of the molecule is CC(C)(C)OC(=O)NC(Cc1ccc(NOO)cc1)C(=O)NCC(=O)NCC(=O)NCC(=O)O. The van der Waals surface area contributed by atoms with Crippen LogP contribution >= 0.6 is 0 Å². The van der Waals surface area contributed by atoms with Gasteiger partial charge in [-0.05, 0) is 38.5 Å². The number of carbonyl (C=O) groups is 5. The minimum atomic E-state index is -1.23. The highest BCUT2D eigenvalue weighted by Crippen LogP contribution is 2.12. The van der Waals surface area contributed by atoms with Crippen LogP contribution < -0.4 is 26.7 Å². The summed E-state index contributed by atoms with van der Waals surface area (Å²) in [6.45, 7) is 3.43. The van der Waals surface area contributed by atoms with Crippen LogP contribution in [0.15, 0.2) is 24.3 Å². The van der Waals surface area contributed by atoms with Crippen molar-refractivity contribution < 1.29 is 44.1 Å². The van der Waals surface area contributed by atoms with E-state index in [9.17, 15) is 24.0 Å². The highest BCUT2D eigenvalue weighted by atomic mass is 17.2. The largest absolute Gasteiger partial charge is 0.480 e. The predicted molar refractivity (Wildman–Crippen MR) is 117 cm³/mol. The highest BCUT2D eigenvalue weighted by Gasteiger charge is 2.25. The Morgan fingerprint density at radius 1 is 0.912 bits per heavy atom. The van der Waals surface area contributed by atoms with Crippen LogP contribution in [0.1, 0.15) is 26.3 Å². The highest BCUT2D eigenvalue weighted by molar-refractivity contribution is 5.91. The number of ether oxygens (including phenoxy) is 1. The number of rotatable bonds is 12. The standard InChI is InChI=1S/C20H29N5O9/c1-20(2,3)33-19(31)24-14(8-12-4-6-13(7-5-12)25-34-32)18(30)23-10-16(27)21-9-15(26)22-11-17(28)29/h4-7,14,25,32H,8-11H2,1-3H3,(H,21,27)(H,22,26)(H,23,30)(H,24,31)(H,28,29). The van der Waals surface area contributed by atoms with Gasteiger partial charge in [0.2, 0.25) is 17.7 Å². The Morgan fingerprint density at radius 2 is 1.47 bits per heavy atom. The molecule has 1 unspecified atom stereocenters. The van der Waals surface area contributed by atoms with E-state index in [1.165, 1.54) is 0 Å². The van der Waals surface area contributed by atoms with Crippen LogP contribution in [0.5, 0.6) is 0 Å². The number of benzene rings is 1. The predicted octanol–water partition coefficient (Wildman–Crippen LogP) is -0.628. The van der Waals surface area contributed by atoms with Gasteiger partial charge in [0.1, 0.15) is 18.2 Å². The molecule has 0 spiro atoms. The summed E-state index contributed by atoms with van der Waals surface area (Å²) < 4.78 is 5.19. The monoisotopic (exact) mass is 483 g/mol. The Bertz CT molecular complexity index is 868. The van der Waals surface area contributed by atoms with Gasteiger partial charge in [-0.3, -0.25) is 19.2 Å². The molecule has 14 heteroatoms. The first-order valence-corrected chi connectivity index (χ1v) is 10.1. The Kier molecular flexibility index (Phi) is 11.2. The summed E-state index contributed by atoms with van der Waals surface area (Å²) in [5.74, 6) is -3.33. The van der Waals surface area contributed by atoms with Crippen LogP contribution in [-0.4, -0.2) is 71.4 Å². The van der Waals surface area contributed by atoms with E-state index in [-0.39, 0.29) is 6.42 Å². The number of hydrogen-bond donors (Lipinski definition) is 7. The first-order chi connectivity index (χ1) is 15.9. The molecule has 0 radical (unpaired) electrons. The maximum atomic E-state index is 12.7. The first kappa shape index (κ1) is 28.1. The van der Waals surface area contributed by atoms with E-state index in [0.717, 1.165) is 0 Å². The quantitative estimate of drug-likeness (QED) is 0.148. The summed E-state index contributed by atoms with van der Waals surface area (Å²) in [6, 6.07) is 5.28. The molecule has 7 N–H and O–H groups in total. The topological polar surface area (TPSA) is 204 Å². The molecule has 0 saturated heterocycles. The number of carboxylic acids is 1. The maximum absolute atomic E-state index is 12.7. The normalized spacial score (nSPS) is 11.5. The smallest absolute Gasteiger partial charge is 0.408 e. The zero-order chi connectivity index (χ0) is 25.7. The van der Waals surface area contributed by atoms with Gasteiger partial charge in [0.25, 0.3) is 0 Å². The van der Waals surface area contributed by atoms with Crippen LogP contribution in [0.4, 0.5) is 10.5 Å². The summed E-state index contributed by atoms with van der Waals surface area (Å²) in [4.78, 5) is 62.4. The minimum absolute atomic E-state index is 0.0462. The van der Waals surface area contributed by atoms with Gasteiger partial charge < -0.3 is 31.1 Å². The van der Waals surface area contributed by atoms with Crippen molar-refractivity contribution in [3.63, 3.8) is 0 Å². The Morgan fingerprint density at radius 3 is 2.00 bits per heavy atom. The minimum Gasteiger partial charge on any atom is -0.480 e. The molecule has 1 aromatic rings. The van der Waals surface area contributed by atoms with Gasteiger partial charge in [-0.15, -0.1) is 4.99 Å². The second-order valence-electron chi connectivity index (χ2n) is 7.96. The number of carboxylic acid groups (broad SMARTS) is 1. The molecule has 4 amide bonds. The van der Waals surface area contributed by atoms with Crippen molar-refractivity contribution in [3.05, 3.63) is 29.8 Å². The molecule has 0 heterocycles. The molecule has 0 aliphatic carbocycles. The number of hydrogen-bond acceptors (Lipinski definition) is 9. The fourth-order valence-corrected chi connectivity index (χ4v) is 2.43. The summed E-state index contributed by atoms with van der Waals surface area (Å²) in [7, 11) is 0. The molecule has 34 heavy (non-hydrogen) atoms. The lowest BCUT2D eigenvalue weighted by Crippen LogP contribution is -2.51. The maximum Gasteiger partial charge on any atom is 0.408 e. The number of anilines is 1. The van der Waals surface area contributed by atoms with Crippen molar-refractivity contribution in [1.29, 1.82) is 0 Å². The van der Waals surface area contributed by atoms with Crippen molar-refractivity contribution in [2.45, 2.75) is 38.8 Å². The first-order valence-electron chi connectivity index (χ1n) is 10.1. The van der Waals surface area contributed by atoms with Crippen LogP contribution in [-0.2, 0) is 35.3 Å². The number of carbonyl (C=O) groups excluding carboxylic acids is 4. The van der Waals surface area contributed by atoms with Crippen LogP contribution in [0, 0.1) is 0 Å². The van der Waals surface area contributed by atoms with E-state index in [4.69, 9.17) is 15.1 Å². The van der Waals surface area contributed by atoms with Crippen LogP contribution in [0.25, 0.3) is 0 Å². The molecule has 1 aromatic carbocycles. The van der Waals surface area contributed by atoms with Crippen molar-refractivity contribution in [2.75, 3.05) is 25.1 Å². The fourth-order valence-electron chi connectivity index (χ4n) is 2.43. The van der Waals surface area contributed by atoms with E-state index in [2.05, 4.69) is 31.7 Å². The average Bonchev–Trinajstić information content (AvgIpc) is 2.74. The van der Waals surface area contributed by atoms with E-state index in [1.54, 1.807) is 45.0 Å². The molecule has 0 saturated carbocycles. The molecule has 0 aliphatic rings. The molecule has 14 nitrogen and oxygen atoms in total. The van der Waals surface area contributed by atoms with Crippen molar-refractivity contribution in [1.82, 2.24) is 21.3 Å². The summed E-state index contributed by atoms with van der Waals surface area (Å²) in [5, 5.41) is 26.0. The van der Waals surface area contributed by atoms with Crippen LogP contribution in [0.2, 0.25) is 0 Å². The molecule has 1 rings (SSSR count). The lowest BCUT2D eigenvalue weighted by atomic mass is 10.0. The summed E-state index contributed by atoms with van der Waals surface area (Å²) in [5.41, 5.74) is 2.50. The number of aliphatic carboxylic acids is 1. The Hall–Kier alpha value is -3.91. The van der Waals surface area contributed by atoms with Crippen molar-refractivity contribution in [3.8, 4) is 0 Å². The molecule has 188 valence electrons. The van der Waals surface area contributed by atoms with Crippen molar-refractivity contribution >= 4 is 35.5 Å². The number of amides is 4. The van der Waals surface area contributed by atoms with Crippen molar-refractivity contribution in [2.24, 2.45) is 0 Å².